The van der Waals surface area contributed by atoms with Gasteiger partial charge in [-0.1, -0.05) is 30.3 Å². The number of hydrogen-bond donors (Lipinski definition) is 0. The number of benzene rings is 1. The van der Waals surface area contributed by atoms with E-state index < -0.39 is 17.7 Å². The number of nitrogens with zero attached hydrogens (tertiary/aromatic N) is 1. The summed E-state index contributed by atoms with van der Waals surface area (Å²) in [5.41, 5.74) is 0.494. The van der Waals surface area contributed by atoms with Crippen molar-refractivity contribution in [2.24, 2.45) is 0 Å². The van der Waals surface area contributed by atoms with Gasteiger partial charge in [0.05, 0.1) is 25.3 Å². The fraction of sp³-hybridized carbons (Fsp3) is 0.529. The lowest BCUT2D eigenvalue weighted by atomic mass is 10.2. The average molecular weight is 305 g/mol. The quantitative estimate of drug-likeness (QED) is 0.803. The van der Waals surface area contributed by atoms with Crippen molar-refractivity contribution in [3.8, 4) is 0 Å². The van der Waals surface area contributed by atoms with E-state index in [1.54, 1.807) is 20.8 Å². The SMILES string of the molecule is CC(C)(C)OC(=O)N1C[C@@H](OCc2ccccc2)C[C@H]1C=O. The van der Waals surface area contributed by atoms with Crippen LogP contribution in [-0.2, 0) is 20.9 Å². The summed E-state index contributed by atoms with van der Waals surface area (Å²) in [6.07, 6.45) is 0.684. The zero-order valence-corrected chi connectivity index (χ0v) is 13.3. The van der Waals surface area contributed by atoms with Crippen LogP contribution in [0.25, 0.3) is 0 Å². The first-order chi connectivity index (χ1) is 10.4. The number of carbonyl (C=O) groups is 2. The molecule has 1 aromatic rings. The van der Waals surface area contributed by atoms with Gasteiger partial charge >= 0.3 is 6.09 Å². The van der Waals surface area contributed by atoms with Gasteiger partial charge in [0.15, 0.2) is 0 Å². The van der Waals surface area contributed by atoms with Gasteiger partial charge in [-0.15, -0.1) is 0 Å². The Labute approximate surface area is 131 Å². The summed E-state index contributed by atoms with van der Waals surface area (Å²) in [5, 5.41) is 0. The predicted octanol–water partition coefficient (Wildman–Crippen LogP) is 2.78. The molecule has 120 valence electrons. The van der Waals surface area contributed by atoms with Crippen molar-refractivity contribution in [1.29, 1.82) is 0 Å². The lowest BCUT2D eigenvalue weighted by molar-refractivity contribution is -0.111. The maximum atomic E-state index is 12.1. The van der Waals surface area contributed by atoms with Crippen LogP contribution in [0.2, 0.25) is 0 Å². The molecule has 1 fully saturated rings. The van der Waals surface area contributed by atoms with E-state index in [1.165, 1.54) is 4.90 Å². The number of aldehydes is 1. The lowest BCUT2D eigenvalue weighted by Crippen LogP contribution is -2.40. The van der Waals surface area contributed by atoms with E-state index in [2.05, 4.69) is 0 Å². The Morgan fingerprint density at radius 3 is 2.59 bits per heavy atom. The molecule has 0 aromatic heterocycles. The number of likely N-dealkylation sites (tertiary alicyclic amines) is 1. The van der Waals surface area contributed by atoms with Crippen molar-refractivity contribution in [3.05, 3.63) is 35.9 Å². The maximum Gasteiger partial charge on any atom is 0.410 e. The van der Waals surface area contributed by atoms with Gasteiger partial charge in [0, 0.05) is 6.42 Å². The highest BCUT2D eigenvalue weighted by molar-refractivity contribution is 5.74. The number of hydrogen-bond acceptors (Lipinski definition) is 4. The predicted molar refractivity (Wildman–Crippen MR) is 82.4 cm³/mol. The fourth-order valence-corrected chi connectivity index (χ4v) is 2.39. The Bertz CT molecular complexity index is 509. The number of carbonyl (C=O) groups excluding carboxylic acids is 2. The van der Waals surface area contributed by atoms with Crippen LogP contribution in [0, 0.1) is 0 Å². The van der Waals surface area contributed by atoms with E-state index >= 15 is 0 Å². The van der Waals surface area contributed by atoms with E-state index in [-0.39, 0.29) is 6.10 Å². The minimum Gasteiger partial charge on any atom is -0.444 e. The summed E-state index contributed by atoms with van der Waals surface area (Å²) in [5.74, 6) is 0. The number of amides is 1. The van der Waals surface area contributed by atoms with Gasteiger partial charge in [0.25, 0.3) is 0 Å². The summed E-state index contributed by atoms with van der Waals surface area (Å²) in [6, 6.07) is 9.35. The molecule has 5 nitrogen and oxygen atoms in total. The molecule has 1 aliphatic heterocycles. The molecule has 1 heterocycles. The summed E-state index contributed by atoms with van der Waals surface area (Å²) < 4.78 is 11.2. The highest BCUT2D eigenvalue weighted by Gasteiger charge is 2.37. The van der Waals surface area contributed by atoms with Crippen LogP contribution in [0.5, 0.6) is 0 Å². The maximum absolute atomic E-state index is 12.1. The second-order valence-electron chi connectivity index (χ2n) is 6.49. The van der Waals surface area contributed by atoms with Crippen molar-refractivity contribution < 1.29 is 19.1 Å². The van der Waals surface area contributed by atoms with Gasteiger partial charge in [0.1, 0.15) is 11.9 Å². The molecule has 2 atom stereocenters. The van der Waals surface area contributed by atoms with Crippen LogP contribution >= 0.6 is 0 Å². The molecule has 0 saturated carbocycles. The first-order valence-corrected chi connectivity index (χ1v) is 7.49. The zero-order valence-electron chi connectivity index (χ0n) is 13.3. The Hall–Kier alpha value is -1.88. The molecule has 0 radical (unpaired) electrons. The third-order valence-electron chi connectivity index (χ3n) is 3.42. The van der Waals surface area contributed by atoms with E-state index in [1.807, 2.05) is 30.3 Å². The third-order valence-corrected chi connectivity index (χ3v) is 3.42. The fourth-order valence-electron chi connectivity index (χ4n) is 2.39. The van der Waals surface area contributed by atoms with E-state index in [0.717, 1.165) is 11.8 Å². The Kier molecular flexibility index (Phi) is 5.19. The molecule has 1 aliphatic rings. The highest BCUT2D eigenvalue weighted by Crippen LogP contribution is 2.23. The molecule has 5 heteroatoms. The summed E-state index contributed by atoms with van der Waals surface area (Å²) in [4.78, 5) is 24.8. The normalized spacial score (nSPS) is 21.7. The van der Waals surface area contributed by atoms with Crippen LogP contribution in [-0.4, -0.2) is 41.6 Å². The van der Waals surface area contributed by atoms with Gasteiger partial charge in [-0.05, 0) is 26.3 Å². The number of ether oxygens (including phenoxy) is 2. The zero-order chi connectivity index (χ0) is 16.2. The molecule has 2 rings (SSSR count). The van der Waals surface area contributed by atoms with Gasteiger partial charge < -0.3 is 14.3 Å². The van der Waals surface area contributed by atoms with Crippen LogP contribution in [0.1, 0.15) is 32.8 Å². The largest absolute Gasteiger partial charge is 0.444 e. The summed E-state index contributed by atoms with van der Waals surface area (Å²) >= 11 is 0. The average Bonchev–Trinajstić information content (AvgIpc) is 2.88. The van der Waals surface area contributed by atoms with Gasteiger partial charge in [0.2, 0.25) is 0 Å². The third kappa shape index (κ3) is 4.56. The van der Waals surface area contributed by atoms with Gasteiger partial charge in [-0.2, -0.15) is 0 Å². The second-order valence-corrected chi connectivity index (χ2v) is 6.49. The van der Waals surface area contributed by atoms with Crippen molar-refractivity contribution in [2.75, 3.05) is 6.54 Å². The summed E-state index contributed by atoms with van der Waals surface area (Å²) in [6.45, 7) is 6.27. The lowest BCUT2D eigenvalue weighted by Gasteiger charge is -2.26. The minimum absolute atomic E-state index is 0.150. The van der Waals surface area contributed by atoms with Crippen molar-refractivity contribution in [3.63, 3.8) is 0 Å². The standard InChI is InChI=1S/C17H23NO4/c1-17(2,3)22-16(20)18-10-15(9-14(18)11-19)21-12-13-7-5-4-6-8-13/h4-8,11,14-15H,9-10,12H2,1-3H3/t14-,15-/m0/s1. The first kappa shape index (κ1) is 16.5. The van der Waals surface area contributed by atoms with Crippen molar-refractivity contribution in [1.82, 2.24) is 4.90 Å². The molecule has 22 heavy (non-hydrogen) atoms. The molecular weight excluding hydrogens is 282 g/mol. The van der Waals surface area contributed by atoms with Crippen LogP contribution in [0.4, 0.5) is 4.79 Å². The smallest absolute Gasteiger partial charge is 0.410 e. The molecule has 0 bridgehead atoms. The Morgan fingerprint density at radius 2 is 2.00 bits per heavy atom. The highest BCUT2D eigenvalue weighted by atomic mass is 16.6. The molecule has 0 aliphatic carbocycles. The van der Waals surface area contributed by atoms with Gasteiger partial charge in [-0.25, -0.2) is 4.79 Å². The van der Waals surface area contributed by atoms with E-state index in [0.29, 0.717) is 19.6 Å². The van der Waals surface area contributed by atoms with E-state index in [9.17, 15) is 9.59 Å². The molecule has 0 unspecified atom stereocenters. The van der Waals surface area contributed by atoms with Crippen LogP contribution in [0.15, 0.2) is 30.3 Å². The summed E-state index contributed by atoms with van der Waals surface area (Å²) in [7, 11) is 0. The second kappa shape index (κ2) is 6.92. The van der Waals surface area contributed by atoms with Crippen molar-refractivity contribution in [2.45, 2.75) is 51.5 Å². The minimum atomic E-state index is -0.576. The molecule has 1 amide bonds. The monoisotopic (exact) mass is 305 g/mol. The first-order valence-electron chi connectivity index (χ1n) is 7.49. The van der Waals surface area contributed by atoms with Crippen LogP contribution < -0.4 is 0 Å². The number of rotatable bonds is 4. The molecule has 0 spiro atoms. The molecule has 1 saturated heterocycles. The van der Waals surface area contributed by atoms with Crippen LogP contribution in [0.3, 0.4) is 0 Å². The van der Waals surface area contributed by atoms with Gasteiger partial charge in [-0.3, -0.25) is 4.90 Å². The molecular formula is C17H23NO4. The molecule has 1 aromatic carbocycles. The Balaban J connectivity index is 1.91. The van der Waals surface area contributed by atoms with Crippen molar-refractivity contribution >= 4 is 12.4 Å². The molecule has 0 N–H and O–H groups in total. The van der Waals surface area contributed by atoms with E-state index in [4.69, 9.17) is 9.47 Å². The Morgan fingerprint density at radius 1 is 1.32 bits per heavy atom. The topological polar surface area (TPSA) is 55.8 Å².